The van der Waals surface area contributed by atoms with Crippen LogP contribution in [0.2, 0.25) is 0 Å². The molecule has 0 saturated heterocycles. The normalized spacial score (nSPS) is 12.8. The van der Waals surface area contributed by atoms with Gasteiger partial charge < -0.3 is 5.32 Å². The lowest BCUT2D eigenvalue weighted by Gasteiger charge is -2.15. The molecule has 1 unspecified atom stereocenters. The fourth-order valence-electron chi connectivity index (χ4n) is 2.16. The maximum absolute atomic E-state index is 4.18. The third-order valence-corrected chi connectivity index (χ3v) is 3.13. The topological polar surface area (TPSA) is 58.5 Å². The lowest BCUT2D eigenvalue weighted by molar-refractivity contribution is 0.676. The minimum Gasteiger partial charge on any atom is -0.377 e. The van der Waals surface area contributed by atoms with Crippen LogP contribution in [0.3, 0.4) is 0 Å². The highest BCUT2D eigenvalue weighted by Crippen LogP contribution is 2.21. The Bertz CT molecular complexity index is 667. The second-order valence-electron chi connectivity index (χ2n) is 4.42. The van der Waals surface area contributed by atoms with Gasteiger partial charge in [0.1, 0.15) is 0 Å². The van der Waals surface area contributed by atoms with Gasteiger partial charge in [0.15, 0.2) is 0 Å². The first kappa shape index (κ1) is 10.8. The molecule has 0 amide bonds. The molecular formula is C13H15N5. The molecule has 0 spiro atoms. The van der Waals surface area contributed by atoms with Crippen molar-refractivity contribution in [1.82, 2.24) is 20.0 Å². The number of H-pyrrole nitrogens is 1. The van der Waals surface area contributed by atoms with Gasteiger partial charge in [0.25, 0.3) is 0 Å². The maximum Gasteiger partial charge on any atom is 0.0670 e. The minimum atomic E-state index is 0.206. The van der Waals surface area contributed by atoms with Crippen molar-refractivity contribution in [3.05, 3.63) is 42.4 Å². The van der Waals surface area contributed by atoms with E-state index in [1.807, 2.05) is 30.2 Å². The molecular weight excluding hydrogens is 226 g/mol. The monoisotopic (exact) mass is 241 g/mol. The molecule has 5 heteroatoms. The predicted molar refractivity (Wildman–Crippen MR) is 71.3 cm³/mol. The molecule has 2 N–H and O–H groups in total. The summed E-state index contributed by atoms with van der Waals surface area (Å²) in [4.78, 5) is 0. The van der Waals surface area contributed by atoms with E-state index in [4.69, 9.17) is 0 Å². The third-order valence-electron chi connectivity index (χ3n) is 3.13. The number of fused-ring (bicyclic) bond motifs is 1. The Morgan fingerprint density at radius 2 is 2.22 bits per heavy atom. The highest BCUT2D eigenvalue weighted by atomic mass is 15.3. The van der Waals surface area contributed by atoms with E-state index in [-0.39, 0.29) is 6.04 Å². The van der Waals surface area contributed by atoms with Gasteiger partial charge in [-0.15, -0.1) is 0 Å². The fraction of sp³-hybridized carbons (Fsp3) is 0.231. The van der Waals surface area contributed by atoms with Gasteiger partial charge in [-0.05, 0) is 31.2 Å². The second kappa shape index (κ2) is 4.18. The first-order valence-corrected chi connectivity index (χ1v) is 5.91. The first-order valence-electron chi connectivity index (χ1n) is 5.91. The zero-order chi connectivity index (χ0) is 12.5. The minimum absolute atomic E-state index is 0.206. The van der Waals surface area contributed by atoms with Crippen molar-refractivity contribution in [1.29, 1.82) is 0 Å². The molecule has 1 aromatic carbocycles. The van der Waals surface area contributed by atoms with Crippen LogP contribution in [-0.4, -0.2) is 20.0 Å². The number of aromatic nitrogens is 4. The van der Waals surface area contributed by atoms with Crippen LogP contribution in [0.25, 0.3) is 10.9 Å². The van der Waals surface area contributed by atoms with Crippen molar-refractivity contribution >= 4 is 16.6 Å². The zero-order valence-corrected chi connectivity index (χ0v) is 10.4. The molecule has 3 rings (SSSR count). The Hall–Kier alpha value is -2.30. The van der Waals surface area contributed by atoms with Crippen LogP contribution in [0.4, 0.5) is 5.69 Å². The third kappa shape index (κ3) is 1.84. The fourth-order valence-corrected chi connectivity index (χ4v) is 2.16. The summed E-state index contributed by atoms with van der Waals surface area (Å²) in [6.45, 7) is 2.12. The van der Waals surface area contributed by atoms with E-state index in [2.05, 4.69) is 45.7 Å². The van der Waals surface area contributed by atoms with Crippen LogP contribution in [-0.2, 0) is 7.05 Å². The van der Waals surface area contributed by atoms with Crippen LogP contribution in [0.1, 0.15) is 18.7 Å². The molecule has 2 aromatic heterocycles. The standard InChI is InChI=1S/C13H15N5/c1-9(13-5-6-15-18(13)2)16-11-4-3-10-8-14-17-12(10)7-11/h3-9,16H,1-2H3,(H,14,17). The van der Waals surface area contributed by atoms with Crippen molar-refractivity contribution in [2.75, 3.05) is 5.32 Å². The van der Waals surface area contributed by atoms with E-state index in [1.165, 1.54) is 0 Å². The Morgan fingerprint density at radius 3 is 3.00 bits per heavy atom. The van der Waals surface area contributed by atoms with E-state index in [9.17, 15) is 0 Å². The van der Waals surface area contributed by atoms with Gasteiger partial charge in [0.2, 0.25) is 0 Å². The molecule has 2 heterocycles. The summed E-state index contributed by atoms with van der Waals surface area (Å²) in [5.74, 6) is 0. The average molecular weight is 241 g/mol. The van der Waals surface area contributed by atoms with Gasteiger partial charge in [-0.3, -0.25) is 9.78 Å². The van der Waals surface area contributed by atoms with Crippen LogP contribution in [0, 0.1) is 0 Å². The zero-order valence-electron chi connectivity index (χ0n) is 10.4. The Morgan fingerprint density at radius 1 is 1.33 bits per heavy atom. The number of hydrogen-bond acceptors (Lipinski definition) is 3. The van der Waals surface area contributed by atoms with Gasteiger partial charge in [-0.25, -0.2) is 0 Å². The molecule has 1 atom stereocenters. The Labute approximate surface area is 105 Å². The SMILES string of the molecule is CC(Nc1ccc2cn[nH]c2c1)c1ccnn1C. The molecule has 92 valence electrons. The molecule has 0 saturated carbocycles. The molecule has 5 nitrogen and oxygen atoms in total. The van der Waals surface area contributed by atoms with E-state index in [0.29, 0.717) is 0 Å². The van der Waals surface area contributed by atoms with Crippen molar-refractivity contribution in [3.63, 3.8) is 0 Å². The number of rotatable bonds is 3. The maximum atomic E-state index is 4.18. The summed E-state index contributed by atoms with van der Waals surface area (Å²) < 4.78 is 1.88. The largest absolute Gasteiger partial charge is 0.377 e. The van der Waals surface area contributed by atoms with Gasteiger partial charge >= 0.3 is 0 Å². The van der Waals surface area contributed by atoms with Crippen LogP contribution < -0.4 is 5.32 Å². The van der Waals surface area contributed by atoms with Crippen LogP contribution in [0.15, 0.2) is 36.7 Å². The van der Waals surface area contributed by atoms with Gasteiger partial charge in [-0.1, -0.05) is 0 Å². The van der Waals surface area contributed by atoms with Crippen LogP contribution >= 0.6 is 0 Å². The van der Waals surface area contributed by atoms with E-state index in [0.717, 1.165) is 22.3 Å². The molecule has 3 aromatic rings. The summed E-state index contributed by atoms with van der Waals surface area (Å²) in [7, 11) is 1.95. The molecule has 18 heavy (non-hydrogen) atoms. The molecule has 0 aliphatic carbocycles. The number of aryl methyl sites for hydroxylation is 1. The summed E-state index contributed by atoms with van der Waals surface area (Å²) >= 11 is 0. The lowest BCUT2D eigenvalue weighted by Crippen LogP contribution is -2.11. The van der Waals surface area contributed by atoms with Gasteiger partial charge in [-0.2, -0.15) is 10.2 Å². The number of nitrogens with one attached hydrogen (secondary N) is 2. The van der Waals surface area contributed by atoms with Gasteiger partial charge in [0.05, 0.1) is 23.4 Å². The van der Waals surface area contributed by atoms with Crippen molar-refractivity contribution in [3.8, 4) is 0 Å². The molecule has 0 bridgehead atoms. The van der Waals surface area contributed by atoms with Crippen molar-refractivity contribution in [2.24, 2.45) is 7.05 Å². The summed E-state index contributed by atoms with van der Waals surface area (Å²) in [6.07, 6.45) is 3.63. The highest BCUT2D eigenvalue weighted by molar-refractivity contribution is 5.81. The van der Waals surface area contributed by atoms with E-state index >= 15 is 0 Å². The lowest BCUT2D eigenvalue weighted by atomic mass is 10.2. The number of hydrogen-bond donors (Lipinski definition) is 2. The van der Waals surface area contributed by atoms with Gasteiger partial charge in [0, 0.05) is 24.3 Å². The first-order chi connectivity index (χ1) is 8.74. The Kier molecular flexibility index (Phi) is 2.51. The molecule has 0 radical (unpaired) electrons. The summed E-state index contributed by atoms with van der Waals surface area (Å²) in [5, 5.41) is 15.7. The van der Waals surface area contributed by atoms with E-state index < -0.39 is 0 Å². The Balaban J connectivity index is 1.85. The van der Waals surface area contributed by atoms with E-state index in [1.54, 1.807) is 0 Å². The second-order valence-corrected chi connectivity index (χ2v) is 4.42. The molecule has 0 aliphatic heterocycles. The number of benzene rings is 1. The summed E-state index contributed by atoms with van der Waals surface area (Å²) in [5.41, 5.74) is 3.26. The quantitative estimate of drug-likeness (QED) is 0.740. The van der Waals surface area contributed by atoms with Crippen molar-refractivity contribution in [2.45, 2.75) is 13.0 Å². The number of anilines is 1. The number of aromatic amines is 1. The average Bonchev–Trinajstić information content (AvgIpc) is 2.96. The smallest absolute Gasteiger partial charge is 0.0670 e. The molecule has 0 aliphatic rings. The number of nitrogens with zero attached hydrogens (tertiary/aromatic N) is 3. The van der Waals surface area contributed by atoms with Crippen molar-refractivity contribution < 1.29 is 0 Å². The highest BCUT2D eigenvalue weighted by Gasteiger charge is 2.09. The summed E-state index contributed by atoms with van der Waals surface area (Å²) in [6, 6.07) is 8.40. The molecule has 0 fully saturated rings. The van der Waals surface area contributed by atoms with Crippen LogP contribution in [0.5, 0.6) is 0 Å². The predicted octanol–water partition coefficient (Wildman–Crippen LogP) is 2.47.